The third kappa shape index (κ3) is 3.88. The van der Waals surface area contributed by atoms with E-state index in [0.29, 0.717) is 19.8 Å². The van der Waals surface area contributed by atoms with Crippen molar-refractivity contribution in [3.8, 4) is 5.75 Å². The molecule has 3 atom stereocenters. The summed E-state index contributed by atoms with van der Waals surface area (Å²) in [6, 6.07) is 7.66. The lowest BCUT2D eigenvalue weighted by Crippen LogP contribution is -2.53. The van der Waals surface area contributed by atoms with Crippen LogP contribution in [-0.4, -0.2) is 54.9 Å². The van der Waals surface area contributed by atoms with Crippen molar-refractivity contribution in [2.45, 2.75) is 38.3 Å². The number of para-hydroxylation sites is 1. The summed E-state index contributed by atoms with van der Waals surface area (Å²) < 4.78 is 11.0. The van der Waals surface area contributed by atoms with Crippen LogP contribution in [0.5, 0.6) is 5.75 Å². The van der Waals surface area contributed by atoms with Gasteiger partial charge in [0, 0.05) is 24.1 Å². The first-order valence-electron chi connectivity index (χ1n) is 9.00. The molecule has 136 valence electrons. The molecule has 0 aromatic heterocycles. The molecule has 1 amide bonds. The number of aliphatic hydroxyl groups excluding tert-OH is 1. The Balaban J connectivity index is 1.80. The number of rotatable bonds is 4. The second-order valence-corrected chi connectivity index (χ2v) is 6.86. The summed E-state index contributed by atoms with van der Waals surface area (Å²) in [7, 11) is 1.63. The molecule has 3 rings (SSSR count). The fourth-order valence-corrected chi connectivity index (χ4v) is 3.99. The number of hydrogen-bond acceptors (Lipinski definition) is 4. The Labute approximate surface area is 149 Å². The number of nitrogens with zero attached hydrogens (tertiary/aromatic N) is 1. The first-order chi connectivity index (χ1) is 12.1. The molecule has 1 aromatic carbocycles. The van der Waals surface area contributed by atoms with Crippen molar-refractivity contribution >= 4 is 11.5 Å². The van der Waals surface area contributed by atoms with Gasteiger partial charge in [-0.3, -0.25) is 4.79 Å². The molecule has 2 fully saturated rings. The summed E-state index contributed by atoms with van der Waals surface area (Å²) in [5.74, 6) is 0.855. The fraction of sp³-hybridized carbons (Fsp3) is 0.550. The minimum Gasteiger partial charge on any atom is -0.496 e. The van der Waals surface area contributed by atoms with Crippen molar-refractivity contribution in [2.75, 3.05) is 26.9 Å². The van der Waals surface area contributed by atoms with Crippen molar-refractivity contribution in [3.63, 3.8) is 0 Å². The Hall–Kier alpha value is -1.85. The molecule has 0 bridgehead atoms. The van der Waals surface area contributed by atoms with Crippen molar-refractivity contribution in [2.24, 2.45) is 5.92 Å². The normalized spacial score (nSPS) is 27.4. The zero-order chi connectivity index (χ0) is 17.8. The van der Waals surface area contributed by atoms with Gasteiger partial charge >= 0.3 is 0 Å². The SMILES string of the molecule is COc1ccccc1/C(C)=C/C(=O)N1CCOCC1C1CCCC1O. The predicted molar refractivity (Wildman–Crippen MR) is 96.3 cm³/mol. The van der Waals surface area contributed by atoms with Gasteiger partial charge < -0.3 is 19.5 Å². The molecular weight excluding hydrogens is 318 g/mol. The predicted octanol–water partition coefficient (Wildman–Crippen LogP) is 2.49. The average Bonchev–Trinajstić information content (AvgIpc) is 3.07. The van der Waals surface area contributed by atoms with Crippen LogP contribution in [0.25, 0.3) is 5.57 Å². The second kappa shape index (κ2) is 8.02. The van der Waals surface area contributed by atoms with Gasteiger partial charge in [-0.25, -0.2) is 0 Å². The first-order valence-corrected chi connectivity index (χ1v) is 9.00. The van der Waals surface area contributed by atoms with Gasteiger partial charge in [0.25, 0.3) is 0 Å². The lowest BCUT2D eigenvalue weighted by atomic mass is 9.94. The largest absolute Gasteiger partial charge is 0.496 e. The maximum absolute atomic E-state index is 12.9. The topological polar surface area (TPSA) is 59.0 Å². The monoisotopic (exact) mass is 345 g/mol. The van der Waals surface area contributed by atoms with Crippen molar-refractivity contribution < 1.29 is 19.4 Å². The van der Waals surface area contributed by atoms with E-state index in [0.717, 1.165) is 36.1 Å². The van der Waals surface area contributed by atoms with E-state index in [9.17, 15) is 9.90 Å². The van der Waals surface area contributed by atoms with Gasteiger partial charge in [-0.15, -0.1) is 0 Å². The number of allylic oxidation sites excluding steroid dienone is 1. The molecule has 5 heteroatoms. The van der Waals surface area contributed by atoms with Crippen molar-refractivity contribution in [1.82, 2.24) is 4.90 Å². The van der Waals surface area contributed by atoms with Gasteiger partial charge in [0.1, 0.15) is 5.75 Å². The number of ether oxygens (including phenoxy) is 2. The quantitative estimate of drug-likeness (QED) is 0.852. The van der Waals surface area contributed by atoms with Gasteiger partial charge in [0.05, 0.1) is 32.5 Å². The molecule has 25 heavy (non-hydrogen) atoms. The van der Waals surface area contributed by atoms with Crippen LogP contribution in [0.3, 0.4) is 0 Å². The third-order valence-corrected chi connectivity index (χ3v) is 5.35. The van der Waals surface area contributed by atoms with E-state index >= 15 is 0 Å². The zero-order valence-corrected chi connectivity index (χ0v) is 15.0. The summed E-state index contributed by atoms with van der Waals surface area (Å²) in [5, 5.41) is 10.2. The van der Waals surface area contributed by atoms with E-state index in [-0.39, 0.29) is 24.0 Å². The highest BCUT2D eigenvalue weighted by Crippen LogP contribution is 2.33. The van der Waals surface area contributed by atoms with Gasteiger partial charge in [-0.05, 0) is 31.4 Å². The number of amides is 1. The molecule has 5 nitrogen and oxygen atoms in total. The minimum absolute atomic E-state index is 0.0178. The Morgan fingerprint density at radius 1 is 1.36 bits per heavy atom. The van der Waals surface area contributed by atoms with Crippen molar-refractivity contribution in [3.05, 3.63) is 35.9 Å². The van der Waals surface area contributed by atoms with Crippen LogP contribution >= 0.6 is 0 Å². The molecule has 2 aliphatic rings. The van der Waals surface area contributed by atoms with Crippen molar-refractivity contribution in [1.29, 1.82) is 0 Å². The van der Waals surface area contributed by atoms with Crippen LogP contribution in [0.1, 0.15) is 31.7 Å². The maximum Gasteiger partial charge on any atom is 0.247 e. The van der Waals surface area contributed by atoms with Gasteiger partial charge in [0.2, 0.25) is 5.91 Å². The minimum atomic E-state index is -0.332. The lowest BCUT2D eigenvalue weighted by molar-refractivity contribution is -0.138. The molecular formula is C20H27NO4. The number of aliphatic hydroxyl groups is 1. The number of morpholine rings is 1. The molecule has 1 aliphatic heterocycles. The number of carbonyl (C=O) groups excluding carboxylic acids is 1. The Kier molecular flexibility index (Phi) is 5.76. The van der Waals surface area contributed by atoms with Crippen LogP contribution in [0.4, 0.5) is 0 Å². The Bertz CT molecular complexity index is 642. The molecule has 1 aromatic rings. The summed E-state index contributed by atoms with van der Waals surface area (Å²) in [6.45, 7) is 3.56. The van der Waals surface area contributed by atoms with E-state index in [2.05, 4.69) is 0 Å². The van der Waals surface area contributed by atoms with E-state index in [1.165, 1.54) is 0 Å². The second-order valence-electron chi connectivity index (χ2n) is 6.86. The molecule has 1 heterocycles. The van der Waals surface area contributed by atoms with Crippen LogP contribution in [0.2, 0.25) is 0 Å². The standard InChI is InChI=1S/C20H27NO4/c1-14(15-6-3-4-9-19(15)24-2)12-20(23)21-10-11-25-13-17(21)16-7-5-8-18(16)22/h3-4,6,9,12,16-18,22H,5,7-8,10-11,13H2,1-2H3/b14-12+. The smallest absolute Gasteiger partial charge is 0.247 e. The molecule has 0 spiro atoms. The van der Waals surface area contributed by atoms with E-state index in [1.54, 1.807) is 13.2 Å². The first kappa shape index (κ1) is 18.0. The van der Waals surface area contributed by atoms with Gasteiger partial charge in [0.15, 0.2) is 0 Å². The molecule has 1 aliphatic carbocycles. The molecule has 1 N–H and O–H groups in total. The Morgan fingerprint density at radius 3 is 2.88 bits per heavy atom. The summed E-state index contributed by atoms with van der Waals surface area (Å²) in [4.78, 5) is 14.8. The third-order valence-electron chi connectivity index (χ3n) is 5.35. The molecule has 0 radical (unpaired) electrons. The van der Waals surface area contributed by atoms with Crippen LogP contribution in [0.15, 0.2) is 30.3 Å². The number of hydrogen-bond donors (Lipinski definition) is 1. The van der Waals surface area contributed by atoms with Crippen LogP contribution in [-0.2, 0) is 9.53 Å². The number of methoxy groups -OCH3 is 1. The van der Waals surface area contributed by atoms with E-state index in [1.807, 2.05) is 36.1 Å². The lowest BCUT2D eigenvalue weighted by Gasteiger charge is -2.39. The van der Waals surface area contributed by atoms with Crippen LogP contribution in [0, 0.1) is 5.92 Å². The average molecular weight is 345 g/mol. The number of carbonyl (C=O) groups is 1. The number of benzene rings is 1. The Morgan fingerprint density at radius 2 is 2.16 bits per heavy atom. The highest BCUT2D eigenvalue weighted by atomic mass is 16.5. The van der Waals surface area contributed by atoms with E-state index in [4.69, 9.17) is 9.47 Å². The molecule has 3 unspecified atom stereocenters. The van der Waals surface area contributed by atoms with Gasteiger partial charge in [-0.2, -0.15) is 0 Å². The fourth-order valence-electron chi connectivity index (χ4n) is 3.99. The summed E-state index contributed by atoms with van der Waals surface area (Å²) >= 11 is 0. The van der Waals surface area contributed by atoms with E-state index < -0.39 is 0 Å². The highest BCUT2D eigenvalue weighted by molar-refractivity contribution is 5.95. The highest BCUT2D eigenvalue weighted by Gasteiger charge is 2.39. The zero-order valence-electron chi connectivity index (χ0n) is 15.0. The maximum atomic E-state index is 12.9. The molecule has 1 saturated heterocycles. The summed E-state index contributed by atoms with van der Waals surface area (Å²) in [6.07, 6.45) is 4.13. The van der Waals surface area contributed by atoms with Crippen LogP contribution < -0.4 is 4.74 Å². The van der Waals surface area contributed by atoms with Gasteiger partial charge in [-0.1, -0.05) is 24.6 Å². The summed E-state index contributed by atoms with van der Waals surface area (Å²) in [5.41, 5.74) is 1.80. The molecule has 1 saturated carbocycles.